The molecule has 0 atom stereocenters. The first-order chi connectivity index (χ1) is 19.5. The minimum Gasteiger partial charge on any atom is -0.378 e. The van der Waals surface area contributed by atoms with Gasteiger partial charge in [0.1, 0.15) is 0 Å². The average molecular weight is 570 g/mol. The third kappa shape index (κ3) is 11.7. The molecule has 0 N–H and O–H groups in total. The highest BCUT2D eigenvalue weighted by molar-refractivity contribution is 8.76. The monoisotopic (exact) mass is 569 g/mol. The molecule has 0 saturated heterocycles. The predicted molar refractivity (Wildman–Crippen MR) is 183 cm³/mol. The number of pyridine rings is 1. The molecule has 0 aliphatic carbocycles. The van der Waals surface area contributed by atoms with Crippen LogP contribution in [0.3, 0.4) is 0 Å². The highest BCUT2D eigenvalue weighted by atomic mass is 33.1. The van der Waals surface area contributed by atoms with E-state index >= 15 is 0 Å². The van der Waals surface area contributed by atoms with Gasteiger partial charge in [-0.2, -0.15) is 4.57 Å². The van der Waals surface area contributed by atoms with E-state index in [4.69, 9.17) is 0 Å². The molecule has 3 aromatic rings. The van der Waals surface area contributed by atoms with Crippen molar-refractivity contribution in [3.05, 3.63) is 120 Å². The molecule has 0 aliphatic heterocycles. The Morgan fingerprint density at radius 3 is 1.93 bits per heavy atom. The lowest BCUT2D eigenvalue weighted by Crippen LogP contribution is -2.37. The number of rotatable bonds is 15. The fraction of sp³-hybridized carbons (Fsp3) is 0.235. The van der Waals surface area contributed by atoms with Crippen LogP contribution in [0.25, 0.3) is 18.2 Å². The second-order valence-corrected chi connectivity index (χ2v) is 12.2. The smallest absolute Gasteiger partial charge is 0.205 e. The van der Waals surface area contributed by atoms with Crippen molar-refractivity contribution in [1.29, 1.82) is 0 Å². The van der Waals surface area contributed by atoms with E-state index in [1.54, 1.807) is 0 Å². The van der Waals surface area contributed by atoms with Gasteiger partial charge >= 0.3 is 0 Å². The van der Waals surface area contributed by atoms with Crippen molar-refractivity contribution in [2.75, 3.05) is 56.0 Å². The van der Waals surface area contributed by atoms with Crippen molar-refractivity contribution in [3.8, 4) is 0 Å². The van der Waals surface area contributed by atoms with Crippen molar-refractivity contribution < 1.29 is 4.57 Å². The molecule has 208 valence electrons. The summed E-state index contributed by atoms with van der Waals surface area (Å²) in [4.78, 5) is 8.69. The fourth-order valence-corrected chi connectivity index (χ4v) is 5.52. The molecule has 40 heavy (non-hydrogen) atoms. The summed E-state index contributed by atoms with van der Waals surface area (Å²) < 4.78 is 2.31. The number of allylic oxidation sites excluding steroid dienone is 5. The van der Waals surface area contributed by atoms with Gasteiger partial charge < -0.3 is 9.80 Å². The summed E-state index contributed by atoms with van der Waals surface area (Å²) in [6, 6.07) is 23.5. The Labute approximate surface area is 248 Å². The lowest BCUT2D eigenvalue weighted by molar-refractivity contribution is -0.694. The van der Waals surface area contributed by atoms with E-state index < -0.39 is 0 Å². The number of benzene rings is 2. The summed E-state index contributed by atoms with van der Waals surface area (Å²) in [6.07, 6.45) is 20.6. The molecule has 1 aromatic heterocycles. The van der Waals surface area contributed by atoms with Gasteiger partial charge in [-0.15, -0.1) is 0 Å². The quantitative estimate of drug-likeness (QED) is 0.0620. The predicted octanol–water partition coefficient (Wildman–Crippen LogP) is 7.55. The number of aryl methyl sites for hydroxylation is 1. The average Bonchev–Trinajstić information content (AvgIpc) is 2.97. The molecular formula is C34H41N4S2+. The van der Waals surface area contributed by atoms with Gasteiger partial charge in [-0.05, 0) is 53.6 Å². The highest BCUT2D eigenvalue weighted by Crippen LogP contribution is 2.20. The molecule has 4 nitrogen and oxygen atoms in total. The van der Waals surface area contributed by atoms with Gasteiger partial charge in [-0.1, -0.05) is 76.2 Å². The third-order valence-corrected chi connectivity index (χ3v) is 8.33. The van der Waals surface area contributed by atoms with Crippen LogP contribution in [0.1, 0.15) is 16.8 Å². The molecule has 0 radical (unpaired) electrons. The van der Waals surface area contributed by atoms with Crippen LogP contribution in [0, 0.1) is 0 Å². The van der Waals surface area contributed by atoms with Gasteiger partial charge in [0.25, 0.3) is 0 Å². The zero-order valence-corrected chi connectivity index (χ0v) is 25.7. The van der Waals surface area contributed by atoms with Gasteiger partial charge in [0.2, 0.25) is 5.69 Å². The van der Waals surface area contributed by atoms with Gasteiger partial charge in [0.05, 0.1) is 5.75 Å². The number of anilines is 2. The Morgan fingerprint density at radius 2 is 1.25 bits per heavy atom. The number of aliphatic imine (C=N–C) groups is 1. The first-order valence-electron chi connectivity index (χ1n) is 13.5. The number of aromatic nitrogens is 1. The van der Waals surface area contributed by atoms with Crippen molar-refractivity contribution in [2.45, 2.75) is 6.54 Å². The minimum absolute atomic E-state index is 0.827. The van der Waals surface area contributed by atoms with E-state index in [9.17, 15) is 0 Å². The molecule has 0 amide bonds. The first-order valence-corrected chi connectivity index (χ1v) is 16.0. The summed E-state index contributed by atoms with van der Waals surface area (Å²) in [6.45, 7) is 1.81. The normalized spacial score (nSPS) is 12.1. The second kappa shape index (κ2) is 18.0. The zero-order chi connectivity index (χ0) is 28.4. The molecule has 0 fully saturated rings. The van der Waals surface area contributed by atoms with Gasteiger partial charge in [-0.3, -0.25) is 4.99 Å². The van der Waals surface area contributed by atoms with Crippen molar-refractivity contribution >= 4 is 57.4 Å². The number of hydrogen-bond donors (Lipinski definition) is 0. The molecule has 6 heteroatoms. The van der Waals surface area contributed by atoms with Crippen molar-refractivity contribution in [2.24, 2.45) is 4.99 Å². The zero-order valence-electron chi connectivity index (χ0n) is 24.1. The summed E-state index contributed by atoms with van der Waals surface area (Å²) in [5, 5.41) is 0. The molecule has 0 aliphatic rings. The fourth-order valence-electron chi connectivity index (χ4n) is 3.68. The molecule has 0 bridgehead atoms. The van der Waals surface area contributed by atoms with E-state index in [1.807, 2.05) is 52.1 Å². The highest BCUT2D eigenvalue weighted by Gasteiger charge is 2.06. The Bertz CT molecular complexity index is 1290. The summed E-state index contributed by atoms with van der Waals surface area (Å²) in [5.41, 5.74) is 6.03. The van der Waals surface area contributed by atoms with E-state index in [2.05, 4.69) is 145 Å². The largest absolute Gasteiger partial charge is 0.378 e. The molecule has 3 rings (SSSR count). The van der Waals surface area contributed by atoms with Crippen LogP contribution in [0.15, 0.2) is 108 Å². The standard InChI is InChI=1S/C34H41N4S2/c1-36(2)32-19-14-30(15-20-32)12-8-6-5-7-10-24-35-25-28-39-40-29-27-38-26-11-9-13-34(38)23-18-31-16-21-33(22-17-31)37(3)4/h5-24,26H,25,27-29H2,1-4H3/q+1/b6-5+,10-7-,12-8+,35-24+. The molecule has 1 heterocycles. The maximum atomic E-state index is 4.48. The Balaban J connectivity index is 1.29. The van der Waals surface area contributed by atoms with Crippen LogP contribution in [-0.4, -0.2) is 52.5 Å². The van der Waals surface area contributed by atoms with Crippen LogP contribution in [-0.2, 0) is 6.54 Å². The van der Waals surface area contributed by atoms with Crippen molar-refractivity contribution in [3.63, 3.8) is 0 Å². The molecular weight excluding hydrogens is 529 g/mol. The summed E-state index contributed by atoms with van der Waals surface area (Å²) in [5.74, 6) is 2.06. The lowest BCUT2D eigenvalue weighted by Gasteiger charge is -2.11. The van der Waals surface area contributed by atoms with Gasteiger partial charge in [-0.25, -0.2) is 0 Å². The van der Waals surface area contributed by atoms with Crippen molar-refractivity contribution in [1.82, 2.24) is 0 Å². The van der Waals surface area contributed by atoms with E-state index in [0.717, 1.165) is 24.6 Å². The van der Waals surface area contributed by atoms with Gasteiger partial charge in [0.15, 0.2) is 12.7 Å². The SMILES string of the molecule is CN(C)c1ccc(/C=C/C=C/C=C\C=N\CCSSCC[n+]2ccccc2/C=C/c2ccc(N(C)C)cc2)cc1. The number of nitrogens with zero attached hydrogens (tertiary/aromatic N) is 4. The third-order valence-electron chi connectivity index (χ3n) is 5.97. The van der Waals surface area contributed by atoms with Gasteiger partial charge in [0, 0.05) is 76.3 Å². The Kier molecular flexibility index (Phi) is 14.0. The maximum absolute atomic E-state index is 4.48. The second-order valence-electron chi connectivity index (χ2n) is 9.45. The first kappa shape index (κ1) is 31.1. The molecule has 0 unspecified atom stereocenters. The van der Waals surface area contributed by atoms with Crippen LogP contribution in [0.4, 0.5) is 11.4 Å². The Morgan fingerprint density at radius 1 is 0.650 bits per heavy atom. The van der Waals surface area contributed by atoms with E-state index in [0.29, 0.717) is 0 Å². The topological polar surface area (TPSA) is 22.7 Å². The minimum atomic E-state index is 0.827. The molecule has 2 aromatic carbocycles. The molecule has 0 saturated carbocycles. The molecule has 0 spiro atoms. The van der Waals surface area contributed by atoms with Crippen LogP contribution < -0.4 is 14.4 Å². The van der Waals surface area contributed by atoms with E-state index in [1.165, 1.54) is 28.2 Å². The lowest BCUT2D eigenvalue weighted by atomic mass is 10.1. The van der Waals surface area contributed by atoms with Crippen LogP contribution in [0.5, 0.6) is 0 Å². The van der Waals surface area contributed by atoms with Crippen LogP contribution >= 0.6 is 21.6 Å². The summed E-state index contributed by atoms with van der Waals surface area (Å²) in [7, 11) is 12.0. The maximum Gasteiger partial charge on any atom is 0.205 e. The summed E-state index contributed by atoms with van der Waals surface area (Å²) >= 11 is 0. The number of hydrogen-bond acceptors (Lipinski definition) is 5. The Hall–Kier alpha value is -3.48. The van der Waals surface area contributed by atoms with Crippen LogP contribution in [0.2, 0.25) is 0 Å². The van der Waals surface area contributed by atoms with E-state index in [-0.39, 0.29) is 0 Å².